The molecule has 1 heterocycles. The molecule has 2 aromatic carbocycles. The zero-order valence-corrected chi connectivity index (χ0v) is 18.8. The lowest BCUT2D eigenvalue weighted by atomic mass is 9.74. The first kappa shape index (κ1) is 22.1. The fraction of sp³-hybridized carbons (Fsp3) is 0.407. The van der Waals surface area contributed by atoms with Crippen LogP contribution in [0.1, 0.15) is 37.7 Å². The van der Waals surface area contributed by atoms with Crippen molar-refractivity contribution in [2.24, 2.45) is 17.1 Å². The molecule has 2 aromatic rings. The Morgan fingerprint density at radius 1 is 1.09 bits per heavy atom. The van der Waals surface area contributed by atoms with Crippen LogP contribution in [0.5, 0.6) is 5.75 Å². The maximum Gasteiger partial charge on any atom is 0.225 e. The molecule has 0 radical (unpaired) electrons. The Morgan fingerprint density at radius 2 is 1.78 bits per heavy atom. The van der Waals surface area contributed by atoms with Crippen LogP contribution < -0.4 is 10.5 Å². The van der Waals surface area contributed by atoms with Gasteiger partial charge in [-0.25, -0.2) is 0 Å². The fourth-order valence-electron chi connectivity index (χ4n) is 4.99. The average molecular weight is 433 g/mol. The quantitative estimate of drug-likeness (QED) is 0.661. The summed E-state index contributed by atoms with van der Waals surface area (Å²) in [7, 11) is 1.66. The Kier molecular flexibility index (Phi) is 6.63. The highest BCUT2D eigenvalue weighted by molar-refractivity contribution is 5.84. The van der Waals surface area contributed by atoms with E-state index in [4.69, 9.17) is 10.5 Å². The van der Waals surface area contributed by atoms with E-state index in [0.717, 1.165) is 48.1 Å². The maximum absolute atomic E-state index is 12.9. The molecule has 1 aliphatic heterocycles. The van der Waals surface area contributed by atoms with E-state index >= 15 is 0 Å². The van der Waals surface area contributed by atoms with Crippen molar-refractivity contribution in [3.8, 4) is 16.9 Å². The molecule has 0 spiro atoms. The largest absolute Gasteiger partial charge is 0.497 e. The lowest BCUT2D eigenvalue weighted by molar-refractivity contribution is -0.140. The monoisotopic (exact) mass is 432 g/mol. The molecule has 0 aromatic heterocycles. The number of nitrogens with two attached hydrogens (primary N) is 1. The first-order valence-electron chi connectivity index (χ1n) is 11.5. The third-order valence-corrected chi connectivity index (χ3v) is 6.92. The predicted octanol–water partition coefficient (Wildman–Crippen LogP) is 4.36. The number of hydrogen-bond donors (Lipinski definition) is 1. The second kappa shape index (κ2) is 9.60. The van der Waals surface area contributed by atoms with Gasteiger partial charge in [-0.3, -0.25) is 9.59 Å². The van der Waals surface area contributed by atoms with Crippen molar-refractivity contribution in [2.45, 2.75) is 38.5 Å². The molecule has 5 nitrogen and oxygen atoms in total. The maximum atomic E-state index is 12.9. The van der Waals surface area contributed by atoms with E-state index < -0.39 is 5.41 Å². The number of allylic oxidation sites excluding steroid dienone is 2. The zero-order chi connectivity index (χ0) is 22.6. The number of primary amides is 1. The van der Waals surface area contributed by atoms with Crippen LogP contribution in [-0.2, 0) is 16.0 Å². The average Bonchev–Trinajstić information content (AvgIpc) is 3.33. The molecule has 2 amide bonds. The molecule has 1 fully saturated rings. The van der Waals surface area contributed by atoms with Crippen LogP contribution in [-0.4, -0.2) is 36.9 Å². The number of carbonyl (C=O) groups excluding carboxylic acids is 2. The Labute approximate surface area is 190 Å². The summed E-state index contributed by atoms with van der Waals surface area (Å²) in [5.41, 5.74) is 8.50. The Hall–Kier alpha value is -3.08. The van der Waals surface area contributed by atoms with Gasteiger partial charge in [0.15, 0.2) is 0 Å². The van der Waals surface area contributed by atoms with Gasteiger partial charge in [-0.05, 0) is 66.8 Å². The van der Waals surface area contributed by atoms with Crippen LogP contribution in [0.25, 0.3) is 11.1 Å². The van der Waals surface area contributed by atoms with Gasteiger partial charge < -0.3 is 15.4 Å². The molecule has 0 unspecified atom stereocenters. The number of hydrogen-bond acceptors (Lipinski definition) is 3. The molecule has 32 heavy (non-hydrogen) atoms. The number of likely N-dealkylation sites (tertiary alicyclic amines) is 1. The number of ether oxygens (including phenoxy) is 1. The normalized spacial score (nSPS) is 22.7. The third kappa shape index (κ3) is 4.87. The fourth-order valence-corrected chi connectivity index (χ4v) is 4.99. The van der Waals surface area contributed by atoms with E-state index in [1.807, 2.05) is 29.2 Å². The molecule has 2 atom stereocenters. The Balaban J connectivity index is 1.46. The summed E-state index contributed by atoms with van der Waals surface area (Å²) >= 11 is 0. The van der Waals surface area contributed by atoms with Gasteiger partial charge in [0.25, 0.3) is 0 Å². The predicted molar refractivity (Wildman–Crippen MR) is 126 cm³/mol. The summed E-state index contributed by atoms with van der Waals surface area (Å²) in [6.07, 6.45) is 9.00. The van der Waals surface area contributed by atoms with Crippen LogP contribution in [0.2, 0.25) is 0 Å². The number of rotatable bonds is 7. The Morgan fingerprint density at radius 3 is 2.38 bits per heavy atom. The second-order valence-corrected chi connectivity index (χ2v) is 9.14. The first-order valence-corrected chi connectivity index (χ1v) is 11.5. The van der Waals surface area contributed by atoms with Gasteiger partial charge in [0.05, 0.1) is 12.5 Å². The van der Waals surface area contributed by atoms with Gasteiger partial charge in [0.2, 0.25) is 11.8 Å². The molecule has 4 rings (SSSR count). The van der Waals surface area contributed by atoms with Gasteiger partial charge in [-0.2, -0.15) is 0 Å². The molecule has 1 saturated heterocycles. The smallest absolute Gasteiger partial charge is 0.225 e. The van der Waals surface area contributed by atoms with E-state index in [9.17, 15) is 9.59 Å². The van der Waals surface area contributed by atoms with E-state index in [0.29, 0.717) is 31.8 Å². The van der Waals surface area contributed by atoms with Crippen LogP contribution in [0, 0.1) is 11.3 Å². The number of benzene rings is 2. The molecule has 168 valence electrons. The molecule has 1 aliphatic carbocycles. The van der Waals surface area contributed by atoms with Crippen LogP contribution in [0.3, 0.4) is 0 Å². The standard InChI is InChI=1S/C27H32N2O3/c1-32-24-13-11-23(12-14-24)22-9-7-21(8-10-22)18-27(26(28)31)15-4-16-29(19-27)25(30)17-20-5-2-3-6-20/h2,5,7-14,20H,3-4,6,15-19H2,1H3,(H2,28,31)/t20-,27-/m1/s1. The van der Waals surface area contributed by atoms with Crippen molar-refractivity contribution in [3.63, 3.8) is 0 Å². The molecule has 0 saturated carbocycles. The highest BCUT2D eigenvalue weighted by atomic mass is 16.5. The summed E-state index contributed by atoms with van der Waals surface area (Å²) in [6.45, 7) is 1.12. The van der Waals surface area contributed by atoms with Crippen LogP contribution in [0.4, 0.5) is 0 Å². The van der Waals surface area contributed by atoms with Crippen LogP contribution in [0.15, 0.2) is 60.7 Å². The van der Waals surface area contributed by atoms with Crippen molar-refractivity contribution in [3.05, 3.63) is 66.2 Å². The summed E-state index contributed by atoms with van der Waals surface area (Å²) in [6, 6.07) is 16.2. The summed E-state index contributed by atoms with van der Waals surface area (Å²) in [5, 5.41) is 0. The van der Waals surface area contributed by atoms with E-state index in [-0.39, 0.29) is 11.8 Å². The van der Waals surface area contributed by atoms with Gasteiger partial charge in [0, 0.05) is 19.5 Å². The van der Waals surface area contributed by atoms with Gasteiger partial charge in [0.1, 0.15) is 5.75 Å². The van der Waals surface area contributed by atoms with E-state index in [1.54, 1.807) is 7.11 Å². The number of amides is 2. The van der Waals surface area contributed by atoms with Crippen molar-refractivity contribution in [1.82, 2.24) is 4.90 Å². The summed E-state index contributed by atoms with van der Waals surface area (Å²) in [5.74, 6) is 0.990. The van der Waals surface area contributed by atoms with E-state index in [1.165, 1.54) is 0 Å². The number of methoxy groups -OCH3 is 1. The van der Waals surface area contributed by atoms with Crippen molar-refractivity contribution in [1.29, 1.82) is 0 Å². The topological polar surface area (TPSA) is 72.6 Å². The minimum Gasteiger partial charge on any atom is -0.497 e. The van der Waals surface area contributed by atoms with Gasteiger partial charge in [-0.1, -0.05) is 48.6 Å². The highest BCUT2D eigenvalue weighted by Crippen LogP contribution is 2.35. The summed E-state index contributed by atoms with van der Waals surface area (Å²) < 4.78 is 5.23. The van der Waals surface area contributed by atoms with Crippen molar-refractivity contribution in [2.75, 3.05) is 20.2 Å². The molecule has 2 aliphatic rings. The number of nitrogens with zero attached hydrogens (tertiary/aromatic N) is 1. The molecular weight excluding hydrogens is 400 g/mol. The minimum atomic E-state index is -0.707. The lowest BCUT2D eigenvalue weighted by Gasteiger charge is -2.41. The minimum absolute atomic E-state index is 0.140. The number of piperidine rings is 1. The highest BCUT2D eigenvalue weighted by Gasteiger charge is 2.42. The molecule has 2 N–H and O–H groups in total. The SMILES string of the molecule is COc1ccc(-c2ccc(C[C@]3(C(N)=O)CCCN(C(=O)C[C@@H]4C=CCC4)C3)cc2)cc1. The first-order chi connectivity index (χ1) is 15.5. The lowest BCUT2D eigenvalue weighted by Crippen LogP contribution is -2.53. The molecular formula is C27H32N2O3. The van der Waals surface area contributed by atoms with Gasteiger partial charge >= 0.3 is 0 Å². The van der Waals surface area contributed by atoms with Gasteiger partial charge in [-0.15, -0.1) is 0 Å². The molecule has 0 bridgehead atoms. The number of carbonyl (C=O) groups is 2. The van der Waals surface area contributed by atoms with Crippen molar-refractivity contribution < 1.29 is 14.3 Å². The summed E-state index contributed by atoms with van der Waals surface area (Å²) in [4.78, 5) is 27.4. The second-order valence-electron chi connectivity index (χ2n) is 9.14. The van der Waals surface area contributed by atoms with E-state index in [2.05, 4.69) is 36.4 Å². The molecule has 5 heteroatoms. The third-order valence-electron chi connectivity index (χ3n) is 6.92. The zero-order valence-electron chi connectivity index (χ0n) is 18.8. The van der Waals surface area contributed by atoms with Crippen molar-refractivity contribution >= 4 is 11.8 Å². The van der Waals surface area contributed by atoms with Crippen LogP contribution >= 0.6 is 0 Å². The Bertz CT molecular complexity index is 981.